The first kappa shape index (κ1) is 19.5. The maximum absolute atomic E-state index is 12.5. The van der Waals surface area contributed by atoms with Gasteiger partial charge >= 0.3 is 0 Å². The van der Waals surface area contributed by atoms with Crippen molar-refractivity contribution in [2.45, 2.75) is 67.8 Å². The monoisotopic (exact) mass is 415 g/mol. The van der Waals surface area contributed by atoms with E-state index in [0.717, 1.165) is 37.4 Å². The second-order valence-electron chi connectivity index (χ2n) is 10.4. The van der Waals surface area contributed by atoms with Crippen molar-refractivity contribution in [3.05, 3.63) is 29.3 Å². The number of benzene rings is 1. The molecule has 5 aliphatic rings. The van der Waals surface area contributed by atoms with Gasteiger partial charge in [0.25, 0.3) is 0 Å². The Kier molecular flexibility index (Phi) is 4.33. The lowest BCUT2D eigenvalue weighted by molar-refractivity contribution is -0.288. The van der Waals surface area contributed by atoms with E-state index in [1.165, 1.54) is 18.4 Å². The molecule has 4 atom stereocenters. The normalized spacial score (nSPS) is 39.7. The molecule has 2 saturated heterocycles. The summed E-state index contributed by atoms with van der Waals surface area (Å²) in [5.74, 6) is 0.236. The number of phenolic OH excluding ortho intramolecular Hbond substituents is 1. The number of likely N-dealkylation sites (tertiary alicyclic amines) is 1. The summed E-state index contributed by atoms with van der Waals surface area (Å²) in [6.45, 7) is 3.20. The van der Waals surface area contributed by atoms with E-state index in [2.05, 4.69) is 4.90 Å². The Morgan fingerprint density at radius 2 is 1.97 bits per heavy atom. The topological polar surface area (TPSA) is 82.4 Å². The number of ether oxygens (including phenoxy) is 2. The van der Waals surface area contributed by atoms with E-state index in [4.69, 9.17) is 9.47 Å². The molecule has 2 aliphatic heterocycles. The van der Waals surface area contributed by atoms with Gasteiger partial charge in [-0.3, -0.25) is 4.90 Å². The Morgan fingerprint density at radius 3 is 2.70 bits per heavy atom. The van der Waals surface area contributed by atoms with Crippen molar-refractivity contribution in [2.24, 2.45) is 11.8 Å². The number of hydrogen-bond acceptors (Lipinski definition) is 6. The van der Waals surface area contributed by atoms with Crippen LogP contribution in [0.25, 0.3) is 0 Å². The van der Waals surface area contributed by atoms with Crippen molar-refractivity contribution in [3.63, 3.8) is 0 Å². The molecular formula is C24H33NO5. The summed E-state index contributed by atoms with van der Waals surface area (Å²) in [5, 5.41) is 32.6. The van der Waals surface area contributed by atoms with Crippen molar-refractivity contribution in [3.8, 4) is 5.75 Å². The molecule has 6 heteroatoms. The van der Waals surface area contributed by atoms with E-state index in [9.17, 15) is 15.3 Å². The van der Waals surface area contributed by atoms with Gasteiger partial charge in [-0.1, -0.05) is 6.07 Å². The standard InChI is InChI=1S/C24H33NO5/c26-8-5-18-13-23(28)21-11-17-3-4-19(27)12-20(17)22(23,15-24(18)29-9-10-30-24)6-7-25(21)14-16-1-2-16/h3-4,12,16,18,21,26-28H,1-2,5-11,13-15H2/t18?,21-,22-,23-/m1/s1. The fourth-order valence-corrected chi connectivity index (χ4v) is 7.29. The highest BCUT2D eigenvalue weighted by molar-refractivity contribution is 5.49. The first-order valence-corrected chi connectivity index (χ1v) is 11.7. The van der Waals surface area contributed by atoms with Crippen LogP contribution in [-0.2, 0) is 21.3 Å². The predicted molar refractivity (Wildman–Crippen MR) is 110 cm³/mol. The van der Waals surface area contributed by atoms with E-state index in [-0.39, 0.29) is 24.3 Å². The third-order valence-electron chi connectivity index (χ3n) is 8.84. The van der Waals surface area contributed by atoms with Crippen LogP contribution in [0.3, 0.4) is 0 Å². The molecule has 1 aromatic rings. The lowest BCUT2D eigenvalue weighted by Gasteiger charge is -2.67. The number of phenols is 1. The van der Waals surface area contributed by atoms with Crippen molar-refractivity contribution < 1.29 is 24.8 Å². The van der Waals surface area contributed by atoms with Gasteiger partial charge in [-0.15, -0.1) is 0 Å². The summed E-state index contributed by atoms with van der Waals surface area (Å²) in [4.78, 5) is 2.54. The minimum Gasteiger partial charge on any atom is -0.508 e. The number of aromatic hydroxyl groups is 1. The summed E-state index contributed by atoms with van der Waals surface area (Å²) < 4.78 is 12.5. The van der Waals surface area contributed by atoms with Crippen molar-refractivity contribution >= 4 is 0 Å². The SMILES string of the molecule is OCCC1C[C@@]2(O)[C@H]3Cc4ccc(O)cc4[C@@]2(CCN3CC2CC2)CC12OCCO2. The Labute approximate surface area is 177 Å². The first-order chi connectivity index (χ1) is 14.5. The molecule has 3 aliphatic carbocycles. The Hall–Kier alpha value is -1.18. The van der Waals surface area contributed by atoms with E-state index >= 15 is 0 Å². The third kappa shape index (κ3) is 2.61. The zero-order valence-electron chi connectivity index (χ0n) is 17.6. The average Bonchev–Trinajstić information content (AvgIpc) is 3.42. The molecule has 1 aromatic carbocycles. The number of rotatable bonds is 4. The van der Waals surface area contributed by atoms with Crippen molar-refractivity contribution in [2.75, 3.05) is 32.9 Å². The smallest absolute Gasteiger partial charge is 0.172 e. The number of aliphatic hydroxyl groups is 2. The number of hydrogen-bond donors (Lipinski definition) is 3. The van der Waals surface area contributed by atoms with Gasteiger partial charge < -0.3 is 24.8 Å². The highest BCUT2D eigenvalue weighted by Crippen LogP contribution is 2.63. The zero-order chi connectivity index (χ0) is 20.6. The maximum Gasteiger partial charge on any atom is 0.172 e. The van der Waals surface area contributed by atoms with Crippen molar-refractivity contribution in [1.82, 2.24) is 4.90 Å². The summed E-state index contributed by atoms with van der Waals surface area (Å²) in [5.41, 5.74) is 0.895. The number of aliphatic hydroxyl groups excluding tert-OH is 1. The van der Waals surface area contributed by atoms with Crippen LogP contribution in [0.4, 0.5) is 0 Å². The Bertz CT molecular complexity index is 835. The van der Waals surface area contributed by atoms with Crippen LogP contribution in [0, 0.1) is 11.8 Å². The molecule has 30 heavy (non-hydrogen) atoms. The quantitative estimate of drug-likeness (QED) is 0.697. The predicted octanol–water partition coefficient (Wildman–Crippen LogP) is 1.94. The second-order valence-corrected chi connectivity index (χ2v) is 10.4. The minimum absolute atomic E-state index is 0.0367. The molecule has 6 rings (SSSR count). The van der Waals surface area contributed by atoms with Gasteiger partial charge in [0.2, 0.25) is 0 Å². The second kappa shape index (κ2) is 6.66. The van der Waals surface area contributed by atoms with Gasteiger partial charge in [-0.05, 0) is 74.2 Å². The molecule has 2 heterocycles. The van der Waals surface area contributed by atoms with Gasteiger partial charge in [-0.25, -0.2) is 0 Å². The molecular weight excluding hydrogens is 382 g/mol. The van der Waals surface area contributed by atoms with E-state index in [1.807, 2.05) is 12.1 Å². The highest BCUT2D eigenvalue weighted by Gasteiger charge is 2.70. The Balaban J connectivity index is 1.49. The molecule has 2 saturated carbocycles. The van der Waals surface area contributed by atoms with Crippen molar-refractivity contribution in [1.29, 1.82) is 0 Å². The molecule has 0 amide bonds. The fraction of sp³-hybridized carbons (Fsp3) is 0.750. The van der Waals surface area contributed by atoms with Crippen LogP contribution >= 0.6 is 0 Å². The molecule has 3 N–H and O–H groups in total. The van der Waals surface area contributed by atoms with Crippen LogP contribution in [0.2, 0.25) is 0 Å². The van der Waals surface area contributed by atoms with E-state index in [1.54, 1.807) is 6.07 Å². The lowest BCUT2D eigenvalue weighted by atomic mass is 9.46. The summed E-state index contributed by atoms with van der Waals surface area (Å²) in [6, 6.07) is 5.75. The molecule has 1 unspecified atom stereocenters. The van der Waals surface area contributed by atoms with E-state index in [0.29, 0.717) is 32.5 Å². The molecule has 164 valence electrons. The number of nitrogens with zero attached hydrogens (tertiary/aromatic N) is 1. The average molecular weight is 416 g/mol. The van der Waals surface area contributed by atoms with Crippen LogP contribution in [0.1, 0.15) is 49.7 Å². The minimum atomic E-state index is -0.915. The van der Waals surface area contributed by atoms with Gasteiger partial charge in [0.1, 0.15) is 5.75 Å². The van der Waals surface area contributed by atoms with Crippen LogP contribution < -0.4 is 0 Å². The van der Waals surface area contributed by atoms with Gasteiger partial charge in [0.05, 0.1) is 18.8 Å². The number of fused-ring (bicyclic) bond motifs is 1. The maximum atomic E-state index is 12.5. The first-order valence-electron chi connectivity index (χ1n) is 11.7. The fourth-order valence-electron chi connectivity index (χ4n) is 7.29. The molecule has 6 nitrogen and oxygen atoms in total. The van der Waals surface area contributed by atoms with Crippen LogP contribution in [0.15, 0.2) is 18.2 Å². The highest BCUT2D eigenvalue weighted by atomic mass is 16.7. The van der Waals surface area contributed by atoms with Gasteiger partial charge in [-0.2, -0.15) is 0 Å². The van der Waals surface area contributed by atoms with E-state index < -0.39 is 16.8 Å². The molecule has 2 bridgehead atoms. The van der Waals surface area contributed by atoms with Gasteiger partial charge in [0, 0.05) is 36.9 Å². The molecule has 0 radical (unpaired) electrons. The molecule has 0 aromatic heterocycles. The summed E-state index contributed by atoms with van der Waals surface area (Å²) in [7, 11) is 0. The largest absolute Gasteiger partial charge is 0.508 e. The Morgan fingerprint density at radius 1 is 1.17 bits per heavy atom. The van der Waals surface area contributed by atoms with Gasteiger partial charge in [0.15, 0.2) is 5.79 Å². The summed E-state index contributed by atoms with van der Waals surface area (Å²) >= 11 is 0. The molecule has 1 spiro atoms. The lowest BCUT2D eigenvalue weighted by Crippen LogP contribution is -2.76. The molecule has 4 fully saturated rings. The van der Waals surface area contributed by atoms with Crippen LogP contribution in [-0.4, -0.2) is 70.6 Å². The zero-order valence-corrected chi connectivity index (χ0v) is 17.6. The number of piperidine rings is 1. The van der Waals surface area contributed by atoms with Crippen LogP contribution in [0.5, 0.6) is 5.75 Å². The third-order valence-corrected chi connectivity index (χ3v) is 8.84. The summed E-state index contributed by atoms with van der Waals surface area (Å²) in [6.07, 6.45) is 5.97.